The van der Waals surface area contributed by atoms with E-state index in [1.165, 1.54) is 0 Å². The van der Waals surface area contributed by atoms with E-state index in [4.69, 9.17) is 10.4 Å². The van der Waals surface area contributed by atoms with Crippen molar-refractivity contribution in [2.75, 3.05) is 18.5 Å². The number of benzene rings is 1. The lowest BCUT2D eigenvalue weighted by Crippen LogP contribution is -2.05. The Morgan fingerprint density at radius 2 is 2.12 bits per heavy atom. The lowest BCUT2D eigenvalue weighted by atomic mass is 10.1. The molecule has 0 amide bonds. The Labute approximate surface area is 96.7 Å². The number of hydrogen-bond donors (Lipinski definition) is 2. The van der Waals surface area contributed by atoms with Crippen LogP contribution < -0.4 is 5.32 Å². The number of para-hydroxylation sites is 1. The third-order valence-corrected chi connectivity index (χ3v) is 2.53. The van der Waals surface area contributed by atoms with Gasteiger partial charge in [-0.25, -0.2) is 0 Å². The molecule has 1 aromatic rings. The maximum atomic E-state index is 8.96. The normalized spacial score (nSPS) is 9.81. The number of nitrogens with one attached hydrogen (secondary N) is 1. The van der Waals surface area contributed by atoms with Crippen LogP contribution in [0.3, 0.4) is 0 Å². The summed E-state index contributed by atoms with van der Waals surface area (Å²) in [6.07, 6.45) is 2.87. The van der Waals surface area contributed by atoms with E-state index in [-0.39, 0.29) is 6.61 Å². The molecule has 0 fully saturated rings. The second-order valence-corrected chi connectivity index (χ2v) is 3.82. The fourth-order valence-corrected chi connectivity index (χ4v) is 1.62. The number of aliphatic hydroxyl groups excluding tert-OH is 1. The van der Waals surface area contributed by atoms with Crippen LogP contribution >= 0.6 is 0 Å². The summed E-state index contributed by atoms with van der Waals surface area (Å²) in [5.74, 6) is 0. The molecule has 0 bridgehead atoms. The molecule has 1 rings (SSSR count). The van der Waals surface area contributed by atoms with Crippen molar-refractivity contribution in [3.63, 3.8) is 0 Å². The first-order chi connectivity index (χ1) is 7.79. The molecule has 0 saturated heterocycles. The summed E-state index contributed by atoms with van der Waals surface area (Å²) in [7, 11) is 0. The minimum atomic E-state index is 0.258. The number of anilines is 1. The number of rotatable bonds is 6. The first kappa shape index (κ1) is 12.5. The minimum Gasteiger partial charge on any atom is -0.396 e. The zero-order valence-electron chi connectivity index (χ0n) is 9.66. The lowest BCUT2D eigenvalue weighted by Gasteiger charge is -2.10. The summed E-state index contributed by atoms with van der Waals surface area (Å²) in [6, 6.07) is 7.90. The van der Waals surface area contributed by atoms with Crippen molar-refractivity contribution in [2.45, 2.75) is 26.2 Å². The number of nitrogens with zero attached hydrogens (tertiary/aromatic N) is 1. The van der Waals surface area contributed by atoms with Crippen molar-refractivity contribution in [3.05, 3.63) is 29.3 Å². The summed E-state index contributed by atoms with van der Waals surface area (Å²) in [5.41, 5.74) is 2.73. The summed E-state index contributed by atoms with van der Waals surface area (Å²) in [4.78, 5) is 0. The van der Waals surface area contributed by atoms with Crippen molar-refractivity contribution in [1.82, 2.24) is 0 Å². The molecule has 0 spiro atoms. The molecule has 0 saturated carbocycles. The van der Waals surface area contributed by atoms with Crippen molar-refractivity contribution in [2.24, 2.45) is 0 Å². The highest BCUT2D eigenvalue weighted by molar-refractivity contribution is 5.62. The molecule has 0 aromatic heterocycles. The molecule has 0 atom stereocenters. The highest BCUT2D eigenvalue weighted by Gasteiger charge is 2.03. The average Bonchev–Trinajstić information content (AvgIpc) is 2.30. The van der Waals surface area contributed by atoms with Gasteiger partial charge in [-0.15, -0.1) is 0 Å². The van der Waals surface area contributed by atoms with Gasteiger partial charge in [-0.3, -0.25) is 0 Å². The van der Waals surface area contributed by atoms with E-state index in [9.17, 15) is 0 Å². The van der Waals surface area contributed by atoms with Gasteiger partial charge in [0.2, 0.25) is 0 Å². The van der Waals surface area contributed by atoms with Crippen LogP contribution in [0.2, 0.25) is 0 Å². The first-order valence-electron chi connectivity index (χ1n) is 5.64. The number of aliphatic hydroxyl groups is 1. The predicted molar refractivity (Wildman–Crippen MR) is 65.3 cm³/mol. The topological polar surface area (TPSA) is 56.0 Å². The Morgan fingerprint density at radius 1 is 1.31 bits per heavy atom. The minimum absolute atomic E-state index is 0.258. The molecular formula is C13H18N2O. The highest BCUT2D eigenvalue weighted by Crippen LogP contribution is 2.19. The van der Waals surface area contributed by atoms with Crippen molar-refractivity contribution in [3.8, 4) is 6.07 Å². The molecule has 0 heterocycles. The van der Waals surface area contributed by atoms with E-state index in [0.29, 0.717) is 5.56 Å². The maximum absolute atomic E-state index is 8.96. The second-order valence-electron chi connectivity index (χ2n) is 3.82. The standard InChI is InChI=1S/C13H18N2O/c1-11-6-5-7-12(10-14)13(11)15-8-3-2-4-9-16/h5-7,15-16H,2-4,8-9H2,1H3. The van der Waals surface area contributed by atoms with Gasteiger partial charge < -0.3 is 10.4 Å². The molecule has 0 aliphatic heterocycles. The van der Waals surface area contributed by atoms with Crippen LogP contribution in [0.1, 0.15) is 30.4 Å². The zero-order chi connectivity index (χ0) is 11.8. The van der Waals surface area contributed by atoms with Crippen LogP contribution in [0.25, 0.3) is 0 Å². The van der Waals surface area contributed by atoms with E-state index < -0.39 is 0 Å². The summed E-state index contributed by atoms with van der Waals surface area (Å²) >= 11 is 0. The van der Waals surface area contributed by atoms with E-state index in [0.717, 1.165) is 37.1 Å². The highest BCUT2D eigenvalue weighted by atomic mass is 16.2. The van der Waals surface area contributed by atoms with Crippen LogP contribution in [0.4, 0.5) is 5.69 Å². The number of nitriles is 1. The molecule has 0 unspecified atom stereocenters. The summed E-state index contributed by atoms with van der Waals surface area (Å²) in [5, 5.41) is 20.9. The fraction of sp³-hybridized carbons (Fsp3) is 0.462. The van der Waals surface area contributed by atoms with Crippen LogP contribution in [0.5, 0.6) is 0 Å². The van der Waals surface area contributed by atoms with Gasteiger partial charge in [-0.05, 0) is 37.8 Å². The Bertz CT molecular complexity index is 369. The van der Waals surface area contributed by atoms with Crippen molar-refractivity contribution >= 4 is 5.69 Å². The zero-order valence-corrected chi connectivity index (χ0v) is 9.66. The second kappa shape index (κ2) is 6.86. The average molecular weight is 218 g/mol. The van der Waals surface area contributed by atoms with Gasteiger partial charge in [0.1, 0.15) is 6.07 Å². The first-order valence-corrected chi connectivity index (χ1v) is 5.64. The molecule has 3 heteroatoms. The molecule has 3 nitrogen and oxygen atoms in total. The van der Waals surface area contributed by atoms with E-state index in [2.05, 4.69) is 11.4 Å². The molecule has 0 aliphatic carbocycles. The molecule has 86 valence electrons. The smallest absolute Gasteiger partial charge is 0.101 e. The predicted octanol–water partition coefficient (Wildman–Crippen LogP) is 2.44. The largest absolute Gasteiger partial charge is 0.396 e. The third-order valence-electron chi connectivity index (χ3n) is 2.53. The van der Waals surface area contributed by atoms with Gasteiger partial charge in [0.05, 0.1) is 11.3 Å². The van der Waals surface area contributed by atoms with E-state index >= 15 is 0 Å². The SMILES string of the molecule is Cc1cccc(C#N)c1NCCCCCO. The summed E-state index contributed by atoms with van der Waals surface area (Å²) in [6.45, 7) is 3.10. The molecule has 16 heavy (non-hydrogen) atoms. The van der Waals surface area contributed by atoms with Crippen LogP contribution in [-0.4, -0.2) is 18.3 Å². The molecular weight excluding hydrogens is 200 g/mol. The Hall–Kier alpha value is -1.53. The van der Waals surface area contributed by atoms with Crippen molar-refractivity contribution < 1.29 is 5.11 Å². The Kier molecular flexibility index (Phi) is 5.38. The van der Waals surface area contributed by atoms with Gasteiger partial charge in [-0.1, -0.05) is 12.1 Å². The summed E-state index contributed by atoms with van der Waals surface area (Å²) < 4.78 is 0. The van der Waals surface area contributed by atoms with Crippen LogP contribution in [0.15, 0.2) is 18.2 Å². The van der Waals surface area contributed by atoms with Crippen LogP contribution in [-0.2, 0) is 0 Å². The third kappa shape index (κ3) is 3.56. The Morgan fingerprint density at radius 3 is 2.81 bits per heavy atom. The molecule has 0 aliphatic rings. The number of aryl methyl sites for hydroxylation is 1. The van der Waals surface area contributed by atoms with E-state index in [1.54, 1.807) is 0 Å². The number of hydrogen-bond acceptors (Lipinski definition) is 3. The van der Waals surface area contributed by atoms with Crippen LogP contribution in [0, 0.1) is 18.3 Å². The molecule has 0 radical (unpaired) electrons. The van der Waals surface area contributed by atoms with Gasteiger partial charge >= 0.3 is 0 Å². The monoisotopic (exact) mass is 218 g/mol. The quantitative estimate of drug-likeness (QED) is 0.721. The van der Waals surface area contributed by atoms with Gasteiger partial charge in [0, 0.05) is 13.2 Å². The van der Waals surface area contributed by atoms with Crippen molar-refractivity contribution in [1.29, 1.82) is 5.26 Å². The fourth-order valence-electron chi connectivity index (χ4n) is 1.62. The maximum Gasteiger partial charge on any atom is 0.101 e. The van der Waals surface area contributed by atoms with Gasteiger partial charge in [-0.2, -0.15) is 5.26 Å². The number of unbranched alkanes of at least 4 members (excludes halogenated alkanes) is 2. The molecule has 1 aromatic carbocycles. The van der Waals surface area contributed by atoms with E-state index in [1.807, 2.05) is 25.1 Å². The van der Waals surface area contributed by atoms with Gasteiger partial charge in [0.15, 0.2) is 0 Å². The lowest BCUT2D eigenvalue weighted by molar-refractivity contribution is 0.283. The molecule has 2 N–H and O–H groups in total. The Balaban J connectivity index is 2.50. The van der Waals surface area contributed by atoms with Gasteiger partial charge in [0.25, 0.3) is 0 Å².